The van der Waals surface area contributed by atoms with Gasteiger partial charge in [-0.1, -0.05) is 49.4 Å². The van der Waals surface area contributed by atoms with Crippen LogP contribution < -0.4 is 4.74 Å². The van der Waals surface area contributed by atoms with E-state index in [1.54, 1.807) is 11.3 Å². The highest BCUT2D eigenvalue weighted by molar-refractivity contribution is 7.12. The lowest BCUT2D eigenvalue weighted by molar-refractivity contribution is -0.145. The maximum absolute atomic E-state index is 11.3. The fourth-order valence-electron chi connectivity index (χ4n) is 3.48. The molecule has 0 bridgehead atoms. The van der Waals surface area contributed by atoms with Crippen molar-refractivity contribution in [1.29, 1.82) is 0 Å². The van der Waals surface area contributed by atoms with Gasteiger partial charge in [0.25, 0.3) is 0 Å². The third kappa shape index (κ3) is 3.60. The van der Waals surface area contributed by atoms with Gasteiger partial charge in [0.1, 0.15) is 5.75 Å². The van der Waals surface area contributed by atoms with Gasteiger partial charge in [-0.05, 0) is 30.9 Å². The lowest BCUT2D eigenvalue weighted by atomic mass is 9.92. The van der Waals surface area contributed by atoms with E-state index < -0.39 is 12.1 Å². The number of carbonyl (C=O) groups is 1. The van der Waals surface area contributed by atoms with Crippen molar-refractivity contribution in [3.05, 3.63) is 69.5 Å². The summed E-state index contributed by atoms with van der Waals surface area (Å²) in [6.45, 7) is 1.82. The highest BCUT2D eigenvalue weighted by Crippen LogP contribution is 2.40. The monoisotopic (exact) mass is 379 g/mol. The molecule has 1 aromatic heterocycles. The Kier molecular flexibility index (Phi) is 4.94. The summed E-state index contributed by atoms with van der Waals surface area (Å²) >= 11 is 1.78. The highest BCUT2D eigenvalue weighted by atomic mass is 32.1. The minimum atomic E-state index is -0.926. The Balaban J connectivity index is 1.65. The van der Waals surface area contributed by atoms with Gasteiger partial charge in [-0.3, -0.25) is 0 Å². The minimum absolute atomic E-state index is 0.433. The Bertz CT molecular complexity index is 965. The van der Waals surface area contributed by atoms with Crippen LogP contribution >= 0.6 is 11.3 Å². The molecule has 2 aromatic carbocycles. The van der Waals surface area contributed by atoms with Crippen LogP contribution in [0.25, 0.3) is 11.3 Å². The number of rotatable bonds is 6. The van der Waals surface area contributed by atoms with Crippen LogP contribution in [-0.2, 0) is 24.1 Å². The summed E-state index contributed by atoms with van der Waals surface area (Å²) in [5.41, 5.74) is 4.43. The fourth-order valence-corrected chi connectivity index (χ4v) is 4.60. The van der Waals surface area contributed by atoms with Crippen molar-refractivity contribution >= 4 is 17.3 Å². The van der Waals surface area contributed by atoms with Crippen LogP contribution in [0.5, 0.6) is 5.75 Å². The second kappa shape index (κ2) is 7.53. The normalized spacial score (nSPS) is 13.5. The van der Waals surface area contributed by atoms with Crippen molar-refractivity contribution in [2.24, 2.45) is 0 Å². The Labute approximate surface area is 162 Å². The number of carboxylic acids is 1. The van der Waals surface area contributed by atoms with Gasteiger partial charge < -0.3 is 9.84 Å². The molecule has 0 radical (unpaired) electrons. The lowest BCUT2D eigenvalue weighted by Crippen LogP contribution is -2.26. The van der Waals surface area contributed by atoms with Gasteiger partial charge in [-0.25, -0.2) is 9.78 Å². The van der Waals surface area contributed by atoms with Crippen molar-refractivity contribution in [2.75, 3.05) is 0 Å². The summed E-state index contributed by atoms with van der Waals surface area (Å²) in [7, 11) is 0. The van der Waals surface area contributed by atoms with Crippen molar-refractivity contribution in [3.63, 3.8) is 0 Å². The molecular weight excluding hydrogens is 358 g/mol. The molecule has 0 aliphatic heterocycles. The largest absolute Gasteiger partial charge is 0.479 e. The summed E-state index contributed by atoms with van der Waals surface area (Å²) in [5.74, 6) is -0.254. The van der Waals surface area contributed by atoms with E-state index in [1.807, 2.05) is 37.3 Å². The molecule has 4 rings (SSSR count). The first-order valence-corrected chi connectivity index (χ1v) is 10.0. The van der Waals surface area contributed by atoms with E-state index in [2.05, 4.69) is 18.2 Å². The molecular formula is C22H21NO3S. The number of carboxylic acid groups (broad SMARTS) is 1. The molecule has 3 aromatic rings. The average molecular weight is 379 g/mol. The third-order valence-electron chi connectivity index (χ3n) is 4.85. The molecule has 0 fully saturated rings. The molecule has 4 nitrogen and oxygen atoms in total. The number of hydrogen-bond acceptors (Lipinski definition) is 4. The van der Waals surface area contributed by atoms with Crippen LogP contribution in [0.1, 0.15) is 34.4 Å². The summed E-state index contributed by atoms with van der Waals surface area (Å²) in [6, 6.07) is 16.2. The zero-order valence-corrected chi connectivity index (χ0v) is 16.0. The van der Waals surface area contributed by atoms with Crippen LogP contribution in [-0.4, -0.2) is 22.2 Å². The highest BCUT2D eigenvalue weighted by Gasteiger charge is 2.25. The van der Waals surface area contributed by atoms with Crippen LogP contribution in [0.15, 0.2) is 48.5 Å². The van der Waals surface area contributed by atoms with Gasteiger partial charge >= 0.3 is 5.97 Å². The van der Waals surface area contributed by atoms with Gasteiger partial charge in [-0.2, -0.15) is 0 Å². The lowest BCUT2D eigenvalue weighted by Gasteiger charge is -2.21. The van der Waals surface area contributed by atoms with E-state index in [4.69, 9.17) is 9.72 Å². The summed E-state index contributed by atoms with van der Waals surface area (Å²) in [5, 5.41) is 10.4. The standard InChI is InChI=1S/C22H21NO3S/c1-2-17(22(24)25)26-18-10-6-9-16-15(18)11-12-19-21(16)23-20(27-19)13-14-7-4-3-5-8-14/h3-10,17H,2,11-13H2,1H3,(H,24,25). The van der Waals surface area contributed by atoms with E-state index in [0.29, 0.717) is 12.2 Å². The second-order valence-corrected chi connectivity index (χ2v) is 7.85. The van der Waals surface area contributed by atoms with E-state index in [0.717, 1.165) is 41.1 Å². The van der Waals surface area contributed by atoms with Crippen molar-refractivity contribution in [1.82, 2.24) is 4.98 Å². The Morgan fingerprint density at radius 3 is 2.74 bits per heavy atom. The fraction of sp³-hybridized carbons (Fsp3) is 0.273. The number of benzene rings is 2. The quantitative estimate of drug-likeness (QED) is 0.672. The van der Waals surface area contributed by atoms with E-state index in [-0.39, 0.29) is 0 Å². The van der Waals surface area contributed by atoms with Crippen LogP contribution in [0.2, 0.25) is 0 Å². The number of hydrogen-bond donors (Lipinski definition) is 1. The van der Waals surface area contributed by atoms with Crippen molar-refractivity contribution in [2.45, 2.75) is 38.7 Å². The molecule has 138 valence electrons. The topological polar surface area (TPSA) is 59.4 Å². The SMILES string of the molecule is CCC(Oc1cccc2c1CCc1sc(Cc3ccccc3)nc1-2)C(=O)O. The van der Waals surface area contributed by atoms with Gasteiger partial charge in [0.05, 0.1) is 10.7 Å². The van der Waals surface area contributed by atoms with Crippen LogP contribution in [0.4, 0.5) is 0 Å². The predicted molar refractivity (Wildman–Crippen MR) is 107 cm³/mol. The molecule has 1 atom stereocenters. The molecule has 1 unspecified atom stereocenters. The summed E-state index contributed by atoms with van der Waals surface area (Å²) in [6.07, 6.45) is 2.21. The first-order chi connectivity index (χ1) is 13.2. The average Bonchev–Trinajstić information content (AvgIpc) is 3.09. The van der Waals surface area contributed by atoms with Gasteiger partial charge in [0.15, 0.2) is 6.10 Å². The number of ether oxygens (including phenoxy) is 1. The number of aryl methyl sites for hydroxylation is 1. The molecule has 0 amide bonds. The molecule has 5 heteroatoms. The number of aliphatic carboxylic acids is 1. The first-order valence-electron chi connectivity index (χ1n) is 9.20. The molecule has 0 saturated heterocycles. The molecule has 0 saturated carbocycles. The van der Waals surface area contributed by atoms with Crippen LogP contribution in [0, 0.1) is 0 Å². The van der Waals surface area contributed by atoms with E-state index in [9.17, 15) is 9.90 Å². The summed E-state index contributed by atoms with van der Waals surface area (Å²) in [4.78, 5) is 17.6. The van der Waals surface area contributed by atoms with E-state index in [1.165, 1.54) is 10.4 Å². The molecule has 1 N–H and O–H groups in total. The molecule has 1 aliphatic rings. The Hall–Kier alpha value is -2.66. The maximum Gasteiger partial charge on any atom is 0.344 e. The molecule has 1 heterocycles. The van der Waals surface area contributed by atoms with Crippen molar-refractivity contribution < 1.29 is 14.6 Å². The van der Waals surface area contributed by atoms with E-state index >= 15 is 0 Å². The van der Waals surface area contributed by atoms with Gasteiger partial charge in [0.2, 0.25) is 0 Å². The predicted octanol–water partition coefficient (Wildman–Crippen LogP) is 4.74. The Morgan fingerprint density at radius 1 is 1.19 bits per heavy atom. The molecule has 0 spiro atoms. The minimum Gasteiger partial charge on any atom is -0.479 e. The smallest absolute Gasteiger partial charge is 0.344 e. The van der Waals surface area contributed by atoms with Crippen LogP contribution in [0.3, 0.4) is 0 Å². The number of fused-ring (bicyclic) bond motifs is 3. The van der Waals surface area contributed by atoms with Gasteiger partial charge in [0, 0.05) is 22.4 Å². The first kappa shape index (κ1) is 17.7. The zero-order valence-electron chi connectivity index (χ0n) is 15.1. The number of aromatic nitrogens is 1. The maximum atomic E-state index is 11.3. The summed E-state index contributed by atoms with van der Waals surface area (Å²) < 4.78 is 5.82. The van der Waals surface area contributed by atoms with Crippen molar-refractivity contribution in [3.8, 4) is 17.0 Å². The second-order valence-electron chi connectivity index (χ2n) is 6.68. The number of thiazole rings is 1. The van der Waals surface area contributed by atoms with Gasteiger partial charge in [-0.15, -0.1) is 11.3 Å². The number of nitrogens with zero attached hydrogens (tertiary/aromatic N) is 1. The third-order valence-corrected chi connectivity index (χ3v) is 5.96. The zero-order chi connectivity index (χ0) is 18.8. The Morgan fingerprint density at radius 2 is 2.00 bits per heavy atom. The molecule has 1 aliphatic carbocycles. The molecule has 27 heavy (non-hydrogen) atoms.